The molecule has 6 nitrogen and oxygen atoms in total. The van der Waals surface area contributed by atoms with E-state index in [0.717, 1.165) is 25.2 Å². The molecule has 1 aliphatic heterocycles. The van der Waals surface area contributed by atoms with E-state index in [4.69, 9.17) is 4.74 Å². The van der Waals surface area contributed by atoms with Gasteiger partial charge in [0.1, 0.15) is 12.1 Å². The van der Waals surface area contributed by atoms with Crippen molar-refractivity contribution in [1.82, 2.24) is 14.8 Å². The minimum absolute atomic E-state index is 0.00992. The summed E-state index contributed by atoms with van der Waals surface area (Å²) in [6.45, 7) is 0. The second kappa shape index (κ2) is 6.90. The van der Waals surface area contributed by atoms with E-state index in [9.17, 15) is 4.79 Å². The normalized spacial score (nSPS) is 25.8. The van der Waals surface area contributed by atoms with E-state index < -0.39 is 0 Å². The van der Waals surface area contributed by atoms with Crippen LogP contribution in [0, 0.1) is 5.92 Å². The van der Waals surface area contributed by atoms with E-state index in [1.165, 1.54) is 38.5 Å². The number of hydrogen-bond donors (Lipinski definition) is 0. The monoisotopic (exact) mass is 380 g/mol. The Hall–Kier alpha value is -2.37. The summed E-state index contributed by atoms with van der Waals surface area (Å²) in [7, 11) is 1.63. The van der Waals surface area contributed by atoms with Crippen molar-refractivity contribution in [3.05, 3.63) is 36.2 Å². The molecule has 28 heavy (non-hydrogen) atoms. The summed E-state index contributed by atoms with van der Waals surface area (Å²) in [6.07, 6.45) is 12.4. The molecule has 2 heterocycles. The lowest BCUT2D eigenvalue weighted by molar-refractivity contribution is 0.0313. The summed E-state index contributed by atoms with van der Waals surface area (Å²) in [4.78, 5) is 20.2. The first-order valence-electron chi connectivity index (χ1n) is 10.6. The average molecular weight is 380 g/mol. The Morgan fingerprint density at radius 2 is 1.96 bits per heavy atom. The number of carbonyl (C=O) groups is 1. The molecule has 5 rings (SSSR count). The van der Waals surface area contributed by atoms with Gasteiger partial charge in [-0.3, -0.25) is 9.69 Å². The van der Waals surface area contributed by atoms with Crippen molar-refractivity contribution in [1.29, 1.82) is 0 Å². The lowest BCUT2D eigenvalue weighted by Crippen LogP contribution is -2.61. The largest absolute Gasteiger partial charge is 0.497 e. The molecule has 148 valence electrons. The maximum Gasteiger partial charge on any atom is 0.261 e. The van der Waals surface area contributed by atoms with Gasteiger partial charge < -0.3 is 4.74 Å². The van der Waals surface area contributed by atoms with Crippen LogP contribution in [0.4, 0.5) is 5.95 Å². The number of anilines is 1. The first-order chi connectivity index (χ1) is 13.7. The van der Waals surface area contributed by atoms with Crippen molar-refractivity contribution in [3.63, 3.8) is 0 Å². The molecule has 2 fully saturated rings. The van der Waals surface area contributed by atoms with Gasteiger partial charge in [0.25, 0.3) is 5.91 Å². The zero-order valence-electron chi connectivity index (χ0n) is 16.5. The fourth-order valence-corrected chi connectivity index (χ4v) is 5.95. The molecule has 3 aliphatic rings. The van der Waals surface area contributed by atoms with Gasteiger partial charge in [-0.05, 0) is 43.9 Å². The van der Waals surface area contributed by atoms with Crippen molar-refractivity contribution < 1.29 is 9.53 Å². The fraction of sp³-hybridized carbons (Fsp3) is 0.591. The zero-order valence-corrected chi connectivity index (χ0v) is 16.5. The number of fused-ring (bicyclic) bond motifs is 4. The smallest absolute Gasteiger partial charge is 0.261 e. The van der Waals surface area contributed by atoms with Crippen molar-refractivity contribution in [2.24, 2.45) is 5.92 Å². The van der Waals surface area contributed by atoms with E-state index in [0.29, 0.717) is 17.2 Å². The Labute approximate surface area is 165 Å². The summed E-state index contributed by atoms with van der Waals surface area (Å²) in [5, 5.41) is 4.67. The third-order valence-corrected chi connectivity index (χ3v) is 7.17. The Kier molecular flexibility index (Phi) is 4.37. The fourth-order valence-electron chi connectivity index (χ4n) is 5.95. The highest BCUT2D eigenvalue weighted by molar-refractivity contribution is 6.06. The molecular weight excluding hydrogens is 352 g/mol. The summed E-state index contributed by atoms with van der Waals surface area (Å²) in [6, 6.07) is 7.65. The second-order valence-electron chi connectivity index (χ2n) is 8.50. The number of ether oxygens (including phenoxy) is 1. The third-order valence-electron chi connectivity index (χ3n) is 7.17. The van der Waals surface area contributed by atoms with Gasteiger partial charge in [-0.2, -0.15) is 10.1 Å². The Bertz CT molecular complexity index is 871. The van der Waals surface area contributed by atoms with Gasteiger partial charge in [0.15, 0.2) is 0 Å². The molecule has 1 aromatic heterocycles. The lowest BCUT2D eigenvalue weighted by atomic mass is 9.64. The molecule has 2 aromatic rings. The van der Waals surface area contributed by atoms with E-state index in [-0.39, 0.29) is 17.5 Å². The highest BCUT2D eigenvalue weighted by atomic mass is 16.5. The van der Waals surface area contributed by atoms with Gasteiger partial charge in [-0.25, -0.2) is 4.68 Å². The predicted octanol–water partition coefficient (Wildman–Crippen LogP) is 4.17. The van der Waals surface area contributed by atoms with E-state index in [1.54, 1.807) is 13.4 Å². The molecule has 2 saturated carbocycles. The highest BCUT2D eigenvalue weighted by Gasteiger charge is 2.54. The molecule has 1 spiro atoms. The van der Waals surface area contributed by atoms with Crippen LogP contribution in [-0.4, -0.2) is 33.8 Å². The second-order valence-corrected chi connectivity index (χ2v) is 8.50. The summed E-state index contributed by atoms with van der Waals surface area (Å²) < 4.78 is 7.46. The number of carbonyl (C=O) groups excluding carboxylic acids is 1. The Balaban J connectivity index is 1.61. The first-order valence-corrected chi connectivity index (χ1v) is 10.6. The standard InChI is InChI=1S/C22H28N4O2/c1-28-17-9-7-8-16(14-17)20(27)25-19-11-4-3-10-18(19)22(12-5-2-6-13-22)26-21(25)23-15-24-26/h7-9,14-15,18-19H,2-6,10-13H2,1H3. The number of hydrogen-bond acceptors (Lipinski definition) is 4. The number of rotatable bonds is 2. The molecule has 1 amide bonds. The number of benzene rings is 1. The number of amides is 1. The van der Waals surface area contributed by atoms with Crippen molar-refractivity contribution >= 4 is 11.9 Å². The minimum Gasteiger partial charge on any atom is -0.497 e. The van der Waals surface area contributed by atoms with Crippen LogP contribution in [0.1, 0.15) is 68.1 Å². The molecule has 6 heteroatoms. The van der Waals surface area contributed by atoms with Crippen molar-refractivity contribution in [3.8, 4) is 5.75 Å². The van der Waals surface area contributed by atoms with E-state index in [1.807, 2.05) is 29.2 Å². The van der Waals surface area contributed by atoms with Crippen LogP contribution < -0.4 is 9.64 Å². The molecule has 2 aliphatic carbocycles. The van der Waals surface area contributed by atoms with Gasteiger partial charge in [0.2, 0.25) is 5.95 Å². The molecule has 2 atom stereocenters. The Morgan fingerprint density at radius 1 is 1.14 bits per heavy atom. The Morgan fingerprint density at radius 3 is 2.79 bits per heavy atom. The van der Waals surface area contributed by atoms with Gasteiger partial charge in [-0.15, -0.1) is 0 Å². The number of aromatic nitrogens is 3. The van der Waals surface area contributed by atoms with Crippen LogP contribution in [0.3, 0.4) is 0 Å². The SMILES string of the molecule is COc1cccc(C(=O)N2c3ncnn3C3(CCCCC3)C3CCCCC32)c1. The molecule has 2 unspecified atom stereocenters. The topological polar surface area (TPSA) is 60.2 Å². The molecular formula is C22H28N4O2. The van der Waals surface area contributed by atoms with Gasteiger partial charge in [-0.1, -0.05) is 38.2 Å². The molecule has 1 aromatic carbocycles. The highest BCUT2D eigenvalue weighted by Crippen LogP contribution is 2.52. The van der Waals surface area contributed by atoms with Crippen molar-refractivity contribution in [2.75, 3.05) is 12.0 Å². The maximum absolute atomic E-state index is 13.6. The molecule has 0 radical (unpaired) electrons. The lowest BCUT2D eigenvalue weighted by Gasteiger charge is -2.55. The first kappa shape index (κ1) is 17.7. The number of methoxy groups -OCH3 is 1. The van der Waals surface area contributed by atoms with Crippen LogP contribution in [0.15, 0.2) is 30.6 Å². The molecule has 0 bridgehead atoms. The third kappa shape index (κ3) is 2.57. The zero-order chi connectivity index (χ0) is 19.1. The van der Waals surface area contributed by atoms with Crippen LogP contribution in [0.25, 0.3) is 0 Å². The van der Waals surface area contributed by atoms with E-state index in [2.05, 4.69) is 14.8 Å². The summed E-state index contributed by atoms with van der Waals surface area (Å²) >= 11 is 0. The number of nitrogens with zero attached hydrogens (tertiary/aromatic N) is 4. The molecule has 0 N–H and O–H groups in total. The van der Waals surface area contributed by atoms with Crippen LogP contribution in [0.2, 0.25) is 0 Å². The average Bonchev–Trinajstić information content (AvgIpc) is 3.25. The van der Waals surface area contributed by atoms with Crippen LogP contribution >= 0.6 is 0 Å². The maximum atomic E-state index is 13.6. The molecule has 0 saturated heterocycles. The van der Waals surface area contributed by atoms with Crippen LogP contribution in [0.5, 0.6) is 5.75 Å². The minimum atomic E-state index is 0.00992. The summed E-state index contributed by atoms with van der Waals surface area (Å²) in [5.41, 5.74) is 0.693. The predicted molar refractivity (Wildman–Crippen MR) is 107 cm³/mol. The van der Waals surface area contributed by atoms with Gasteiger partial charge in [0, 0.05) is 17.5 Å². The van der Waals surface area contributed by atoms with Gasteiger partial charge >= 0.3 is 0 Å². The van der Waals surface area contributed by atoms with Gasteiger partial charge in [0.05, 0.1) is 12.6 Å². The summed E-state index contributed by atoms with van der Waals surface area (Å²) in [5.74, 6) is 1.91. The van der Waals surface area contributed by atoms with Crippen molar-refractivity contribution in [2.45, 2.75) is 69.4 Å². The van der Waals surface area contributed by atoms with E-state index >= 15 is 0 Å². The quantitative estimate of drug-likeness (QED) is 0.785. The van der Waals surface area contributed by atoms with Crippen LogP contribution in [-0.2, 0) is 5.54 Å².